The number of aromatic amines is 1. The van der Waals surface area contributed by atoms with Crippen molar-refractivity contribution >= 4 is 0 Å². The molecule has 1 aromatic heterocycles. The number of benzene rings is 1. The summed E-state index contributed by atoms with van der Waals surface area (Å²) in [6, 6.07) is 4.28. The van der Waals surface area contributed by atoms with Gasteiger partial charge in [-0.3, -0.25) is 9.69 Å². The molecule has 0 bridgehead atoms. The lowest BCUT2D eigenvalue weighted by Crippen LogP contribution is -2.27. The van der Waals surface area contributed by atoms with E-state index < -0.39 is 23.8 Å². The predicted octanol–water partition coefficient (Wildman–Crippen LogP) is 1.92. The van der Waals surface area contributed by atoms with Crippen LogP contribution < -0.4 is 5.56 Å². The maximum Gasteiger partial charge on any atom is 0.251 e. The van der Waals surface area contributed by atoms with Crippen LogP contribution in [0, 0.1) is 11.6 Å². The van der Waals surface area contributed by atoms with E-state index in [-0.39, 0.29) is 17.7 Å². The van der Waals surface area contributed by atoms with E-state index in [0.29, 0.717) is 30.9 Å². The van der Waals surface area contributed by atoms with Gasteiger partial charge in [-0.1, -0.05) is 6.92 Å². The lowest BCUT2D eigenvalue weighted by atomic mass is 10.0. The number of aliphatic hydroxyl groups excluding tert-OH is 1. The standard InChI is InChI=1S/C17H19F2N3O2/c1-2-11-6-17(24)21-16(20-11)9-22-8-12(23)7-15(22)13-5-10(18)3-4-14(13)19/h3-6,12,15,23H,2,7-9H2,1H3,(H,20,21,24)/t12-,15+/m1/s1. The van der Waals surface area contributed by atoms with Crippen molar-refractivity contribution in [1.29, 1.82) is 0 Å². The van der Waals surface area contributed by atoms with Gasteiger partial charge in [0.1, 0.15) is 17.5 Å². The number of likely N-dealkylation sites (tertiary alicyclic amines) is 1. The third-order valence-corrected chi connectivity index (χ3v) is 4.26. The molecule has 1 aromatic carbocycles. The predicted molar refractivity (Wildman–Crippen MR) is 84.4 cm³/mol. The lowest BCUT2D eigenvalue weighted by Gasteiger charge is -2.24. The van der Waals surface area contributed by atoms with E-state index in [0.717, 1.165) is 18.2 Å². The van der Waals surface area contributed by atoms with Crippen LogP contribution in [-0.4, -0.2) is 32.6 Å². The van der Waals surface area contributed by atoms with Crippen LogP contribution >= 0.6 is 0 Å². The summed E-state index contributed by atoms with van der Waals surface area (Å²) in [6.45, 7) is 2.46. The third kappa shape index (κ3) is 3.52. The number of nitrogens with zero attached hydrogens (tertiary/aromatic N) is 2. The van der Waals surface area contributed by atoms with Gasteiger partial charge in [0, 0.05) is 29.9 Å². The first-order valence-corrected chi connectivity index (χ1v) is 7.92. The van der Waals surface area contributed by atoms with E-state index in [9.17, 15) is 18.7 Å². The highest BCUT2D eigenvalue weighted by molar-refractivity contribution is 5.24. The zero-order valence-electron chi connectivity index (χ0n) is 13.3. The van der Waals surface area contributed by atoms with Crippen molar-refractivity contribution in [3.05, 3.63) is 63.3 Å². The Balaban J connectivity index is 1.90. The Hall–Kier alpha value is -2.12. The zero-order valence-corrected chi connectivity index (χ0v) is 13.3. The van der Waals surface area contributed by atoms with Gasteiger partial charge in [-0.15, -0.1) is 0 Å². The number of nitrogens with one attached hydrogen (secondary N) is 1. The number of H-pyrrole nitrogens is 1. The Bertz CT molecular complexity index is 794. The summed E-state index contributed by atoms with van der Waals surface area (Å²) in [5, 5.41) is 9.97. The number of aromatic nitrogens is 2. The van der Waals surface area contributed by atoms with Crippen molar-refractivity contribution in [3.63, 3.8) is 0 Å². The molecule has 128 valence electrons. The van der Waals surface area contributed by atoms with Gasteiger partial charge in [-0.25, -0.2) is 13.8 Å². The van der Waals surface area contributed by atoms with Gasteiger partial charge < -0.3 is 10.1 Å². The molecule has 0 aliphatic carbocycles. The van der Waals surface area contributed by atoms with E-state index in [1.165, 1.54) is 6.07 Å². The molecule has 0 unspecified atom stereocenters. The van der Waals surface area contributed by atoms with Crippen molar-refractivity contribution in [3.8, 4) is 0 Å². The minimum Gasteiger partial charge on any atom is -0.392 e. The first-order chi connectivity index (χ1) is 11.5. The van der Waals surface area contributed by atoms with Crippen molar-refractivity contribution in [1.82, 2.24) is 14.9 Å². The maximum absolute atomic E-state index is 14.1. The molecule has 2 N–H and O–H groups in total. The monoisotopic (exact) mass is 335 g/mol. The summed E-state index contributed by atoms with van der Waals surface area (Å²) in [7, 11) is 0. The van der Waals surface area contributed by atoms with Gasteiger partial charge in [-0.05, 0) is 31.0 Å². The van der Waals surface area contributed by atoms with Crippen molar-refractivity contribution in [2.24, 2.45) is 0 Å². The number of aryl methyl sites for hydroxylation is 1. The topological polar surface area (TPSA) is 69.2 Å². The highest BCUT2D eigenvalue weighted by atomic mass is 19.1. The molecule has 24 heavy (non-hydrogen) atoms. The number of halogens is 2. The average molecular weight is 335 g/mol. The molecule has 0 amide bonds. The minimum atomic E-state index is -0.640. The summed E-state index contributed by atoms with van der Waals surface area (Å²) in [5.41, 5.74) is 0.632. The van der Waals surface area contributed by atoms with E-state index in [1.807, 2.05) is 6.92 Å². The second kappa shape index (κ2) is 6.78. The lowest BCUT2D eigenvalue weighted by molar-refractivity contribution is 0.171. The molecule has 1 aliphatic heterocycles. The van der Waals surface area contributed by atoms with Gasteiger partial charge in [0.15, 0.2) is 0 Å². The molecule has 1 fully saturated rings. The Labute approximate surface area is 138 Å². The molecule has 7 heteroatoms. The molecule has 0 spiro atoms. The molecule has 2 heterocycles. The van der Waals surface area contributed by atoms with Crippen molar-refractivity contribution in [2.45, 2.75) is 38.5 Å². The van der Waals surface area contributed by atoms with Crippen LogP contribution in [-0.2, 0) is 13.0 Å². The summed E-state index contributed by atoms with van der Waals surface area (Å²) in [6.07, 6.45) is 0.290. The van der Waals surface area contributed by atoms with Crippen LogP contribution in [0.15, 0.2) is 29.1 Å². The minimum absolute atomic E-state index is 0.209. The van der Waals surface area contributed by atoms with Crippen molar-refractivity contribution in [2.75, 3.05) is 6.54 Å². The number of rotatable bonds is 4. The fourth-order valence-electron chi connectivity index (χ4n) is 3.16. The Morgan fingerprint density at radius 2 is 2.17 bits per heavy atom. The van der Waals surface area contributed by atoms with Gasteiger partial charge in [-0.2, -0.15) is 0 Å². The van der Waals surface area contributed by atoms with Crippen LogP contribution in [0.1, 0.15) is 36.5 Å². The summed E-state index contributed by atoms with van der Waals surface area (Å²) < 4.78 is 27.6. The molecule has 0 radical (unpaired) electrons. The molecular formula is C17H19F2N3O2. The third-order valence-electron chi connectivity index (χ3n) is 4.26. The maximum atomic E-state index is 14.1. The van der Waals surface area contributed by atoms with Crippen LogP contribution in [0.4, 0.5) is 8.78 Å². The fraction of sp³-hybridized carbons (Fsp3) is 0.412. The van der Waals surface area contributed by atoms with Gasteiger partial charge in [0.25, 0.3) is 5.56 Å². The highest BCUT2D eigenvalue weighted by Gasteiger charge is 2.34. The largest absolute Gasteiger partial charge is 0.392 e. The normalized spacial score (nSPS) is 21.3. The first kappa shape index (κ1) is 16.7. The van der Waals surface area contributed by atoms with Gasteiger partial charge >= 0.3 is 0 Å². The highest BCUT2D eigenvalue weighted by Crippen LogP contribution is 2.34. The molecule has 5 nitrogen and oxygen atoms in total. The second-order valence-corrected chi connectivity index (χ2v) is 6.04. The molecule has 1 saturated heterocycles. The number of hydrogen-bond donors (Lipinski definition) is 2. The number of hydrogen-bond acceptors (Lipinski definition) is 4. The summed E-state index contributed by atoms with van der Waals surface area (Å²) in [5.74, 6) is -0.577. The van der Waals surface area contributed by atoms with E-state index in [4.69, 9.17) is 0 Å². The van der Waals surface area contributed by atoms with Crippen LogP contribution in [0.3, 0.4) is 0 Å². The fourth-order valence-corrected chi connectivity index (χ4v) is 3.16. The zero-order chi connectivity index (χ0) is 17.3. The van der Waals surface area contributed by atoms with E-state index in [2.05, 4.69) is 9.97 Å². The van der Waals surface area contributed by atoms with Crippen LogP contribution in [0.2, 0.25) is 0 Å². The quantitative estimate of drug-likeness (QED) is 0.896. The van der Waals surface area contributed by atoms with Crippen molar-refractivity contribution < 1.29 is 13.9 Å². The molecule has 0 saturated carbocycles. The van der Waals surface area contributed by atoms with Gasteiger partial charge in [0.05, 0.1) is 12.6 Å². The average Bonchev–Trinajstić information content (AvgIpc) is 2.89. The SMILES string of the molecule is CCc1cc(=O)[nH]c(CN2C[C@H](O)C[C@H]2c2cc(F)ccc2F)n1. The Morgan fingerprint density at radius 3 is 2.92 bits per heavy atom. The molecule has 2 atom stereocenters. The van der Waals surface area contributed by atoms with Crippen LogP contribution in [0.5, 0.6) is 0 Å². The summed E-state index contributed by atoms with van der Waals surface area (Å²) >= 11 is 0. The van der Waals surface area contributed by atoms with Gasteiger partial charge in [0.2, 0.25) is 0 Å². The smallest absolute Gasteiger partial charge is 0.251 e. The number of β-amino-alcohol motifs (C(OH)–C–C–N with tert-alkyl or cyclic N) is 1. The molecular weight excluding hydrogens is 316 g/mol. The first-order valence-electron chi connectivity index (χ1n) is 7.92. The summed E-state index contributed by atoms with van der Waals surface area (Å²) in [4.78, 5) is 20.5. The second-order valence-electron chi connectivity index (χ2n) is 6.04. The van der Waals surface area contributed by atoms with E-state index >= 15 is 0 Å². The molecule has 1 aliphatic rings. The number of aliphatic hydroxyl groups is 1. The Morgan fingerprint density at radius 1 is 1.38 bits per heavy atom. The van der Waals surface area contributed by atoms with E-state index in [1.54, 1.807) is 4.90 Å². The molecule has 2 aromatic rings. The van der Waals surface area contributed by atoms with Crippen LogP contribution in [0.25, 0.3) is 0 Å². The Kier molecular flexibility index (Phi) is 4.73. The molecule has 3 rings (SSSR count).